The lowest BCUT2D eigenvalue weighted by Crippen LogP contribution is -2.46. The maximum atomic E-state index is 12.5. The molecule has 1 aliphatic heterocycles. The first kappa shape index (κ1) is 22.0. The number of nitrogens with one attached hydrogen (secondary N) is 2. The van der Waals surface area contributed by atoms with Crippen molar-refractivity contribution in [3.8, 4) is 5.75 Å². The van der Waals surface area contributed by atoms with Crippen LogP contribution in [0.5, 0.6) is 5.75 Å². The zero-order valence-corrected chi connectivity index (χ0v) is 17.2. The second-order valence-corrected chi connectivity index (χ2v) is 7.81. The van der Waals surface area contributed by atoms with E-state index in [0.717, 1.165) is 13.1 Å². The highest BCUT2D eigenvalue weighted by Gasteiger charge is 2.19. The van der Waals surface area contributed by atoms with Crippen LogP contribution in [0.2, 0.25) is 0 Å². The Balaban J connectivity index is 0.00000280. The van der Waals surface area contributed by atoms with E-state index in [4.69, 9.17) is 4.74 Å². The minimum Gasteiger partial charge on any atom is -0.494 e. The van der Waals surface area contributed by atoms with Gasteiger partial charge in [-0.3, -0.25) is 9.52 Å². The molecule has 1 saturated heterocycles. The SMILES string of the molecule is CCOc1ccc(NS(=O)(=O)c2ccc(C(=O)N3CCNCC3)cc2)cc1.Cl. The Morgan fingerprint density at radius 1 is 1.07 bits per heavy atom. The first-order valence-electron chi connectivity index (χ1n) is 8.85. The number of rotatable bonds is 6. The molecule has 0 aromatic heterocycles. The number of hydrogen-bond donors (Lipinski definition) is 2. The topological polar surface area (TPSA) is 87.7 Å². The second-order valence-electron chi connectivity index (χ2n) is 6.13. The van der Waals surface area contributed by atoms with Gasteiger partial charge in [0.2, 0.25) is 0 Å². The molecule has 2 aromatic carbocycles. The van der Waals surface area contributed by atoms with Crippen molar-refractivity contribution in [3.05, 3.63) is 54.1 Å². The Morgan fingerprint density at radius 3 is 2.25 bits per heavy atom. The fourth-order valence-corrected chi connectivity index (χ4v) is 3.89. The van der Waals surface area contributed by atoms with Gasteiger partial charge in [0.05, 0.1) is 11.5 Å². The molecule has 0 saturated carbocycles. The number of sulfonamides is 1. The van der Waals surface area contributed by atoms with Crippen molar-refractivity contribution in [2.45, 2.75) is 11.8 Å². The molecule has 152 valence electrons. The molecule has 1 amide bonds. The lowest BCUT2D eigenvalue weighted by atomic mass is 10.2. The summed E-state index contributed by atoms with van der Waals surface area (Å²) < 4.78 is 33.0. The van der Waals surface area contributed by atoms with Crippen LogP contribution in [0.15, 0.2) is 53.4 Å². The van der Waals surface area contributed by atoms with Gasteiger partial charge >= 0.3 is 0 Å². The highest BCUT2D eigenvalue weighted by molar-refractivity contribution is 7.92. The van der Waals surface area contributed by atoms with Gasteiger partial charge in [0.25, 0.3) is 15.9 Å². The summed E-state index contributed by atoms with van der Waals surface area (Å²) in [5, 5.41) is 3.19. The van der Waals surface area contributed by atoms with E-state index in [-0.39, 0.29) is 23.2 Å². The fourth-order valence-electron chi connectivity index (χ4n) is 2.83. The molecule has 1 fully saturated rings. The van der Waals surface area contributed by atoms with Crippen molar-refractivity contribution >= 4 is 34.0 Å². The lowest BCUT2D eigenvalue weighted by Gasteiger charge is -2.27. The number of ether oxygens (including phenoxy) is 1. The summed E-state index contributed by atoms with van der Waals surface area (Å²) in [4.78, 5) is 14.3. The first-order valence-corrected chi connectivity index (χ1v) is 10.3. The predicted molar refractivity (Wildman–Crippen MR) is 111 cm³/mol. The number of halogens is 1. The molecule has 28 heavy (non-hydrogen) atoms. The van der Waals surface area contributed by atoms with Crippen LogP contribution in [-0.4, -0.2) is 52.0 Å². The van der Waals surface area contributed by atoms with E-state index >= 15 is 0 Å². The summed E-state index contributed by atoms with van der Waals surface area (Å²) in [7, 11) is -3.73. The number of benzene rings is 2. The van der Waals surface area contributed by atoms with Crippen molar-refractivity contribution in [1.82, 2.24) is 10.2 Å². The number of anilines is 1. The fraction of sp³-hybridized carbons (Fsp3) is 0.316. The Bertz CT molecular complexity index is 880. The summed E-state index contributed by atoms with van der Waals surface area (Å²) in [6, 6.07) is 12.7. The summed E-state index contributed by atoms with van der Waals surface area (Å²) in [5.74, 6) is 0.594. The lowest BCUT2D eigenvalue weighted by molar-refractivity contribution is 0.0735. The van der Waals surface area contributed by atoms with Crippen molar-refractivity contribution in [2.75, 3.05) is 37.5 Å². The molecule has 3 rings (SSSR count). The van der Waals surface area contributed by atoms with Gasteiger partial charge in [-0.15, -0.1) is 12.4 Å². The Morgan fingerprint density at radius 2 is 1.68 bits per heavy atom. The largest absolute Gasteiger partial charge is 0.494 e. The first-order chi connectivity index (χ1) is 13.0. The molecule has 1 heterocycles. The molecule has 7 nitrogen and oxygen atoms in total. The monoisotopic (exact) mass is 425 g/mol. The normalized spacial score (nSPS) is 14.1. The summed E-state index contributed by atoms with van der Waals surface area (Å²) in [6.07, 6.45) is 0. The molecule has 0 radical (unpaired) electrons. The minimum atomic E-state index is -3.73. The van der Waals surface area contributed by atoms with Crippen molar-refractivity contribution in [2.24, 2.45) is 0 Å². The van der Waals surface area contributed by atoms with Crippen LogP contribution in [0.4, 0.5) is 5.69 Å². The molecule has 0 spiro atoms. The molecule has 1 aliphatic rings. The van der Waals surface area contributed by atoms with Gasteiger partial charge in [0, 0.05) is 37.4 Å². The van der Waals surface area contributed by atoms with E-state index in [1.807, 2.05) is 6.92 Å². The number of carbonyl (C=O) groups excluding carboxylic acids is 1. The third-order valence-corrected chi connectivity index (χ3v) is 5.63. The van der Waals surface area contributed by atoms with Gasteiger partial charge in [-0.1, -0.05) is 0 Å². The summed E-state index contributed by atoms with van der Waals surface area (Å²) >= 11 is 0. The van der Waals surface area contributed by atoms with Gasteiger partial charge in [-0.05, 0) is 55.5 Å². The van der Waals surface area contributed by atoms with E-state index in [9.17, 15) is 13.2 Å². The zero-order valence-electron chi connectivity index (χ0n) is 15.6. The highest BCUT2D eigenvalue weighted by Crippen LogP contribution is 2.20. The average molecular weight is 426 g/mol. The van der Waals surface area contributed by atoms with Crippen LogP contribution in [0, 0.1) is 0 Å². The number of carbonyl (C=O) groups is 1. The number of nitrogens with zero attached hydrogens (tertiary/aromatic N) is 1. The summed E-state index contributed by atoms with van der Waals surface area (Å²) in [5.41, 5.74) is 0.927. The molecule has 0 bridgehead atoms. The van der Waals surface area contributed by atoms with Crippen LogP contribution in [0.1, 0.15) is 17.3 Å². The third kappa shape index (κ3) is 5.37. The van der Waals surface area contributed by atoms with Gasteiger partial charge in [-0.2, -0.15) is 0 Å². The van der Waals surface area contributed by atoms with Crippen LogP contribution in [0.3, 0.4) is 0 Å². The van der Waals surface area contributed by atoms with E-state index in [1.165, 1.54) is 12.1 Å². The van der Waals surface area contributed by atoms with Gasteiger partial charge in [-0.25, -0.2) is 8.42 Å². The Hall–Kier alpha value is -2.29. The smallest absolute Gasteiger partial charge is 0.261 e. The number of piperazine rings is 1. The van der Waals surface area contributed by atoms with E-state index in [2.05, 4.69) is 10.0 Å². The maximum absolute atomic E-state index is 12.5. The number of amides is 1. The Kier molecular flexibility index (Phi) is 7.68. The third-order valence-electron chi connectivity index (χ3n) is 4.23. The second kappa shape index (κ2) is 9.77. The van der Waals surface area contributed by atoms with E-state index in [0.29, 0.717) is 36.7 Å². The quantitative estimate of drug-likeness (QED) is 0.741. The van der Waals surface area contributed by atoms with Crippen molar-refractivity contribution < 1.29 is 17.9 Å². The van der Waals surface area contributed by atoms with Gasteiger partial charge < -0.3 is 15.0 Å². The zero-order chi connectivity index (χ0) is 19.3. The van der Waals surface area contributed by atoms with Crippen molar-refractivity contribution in [1.29, 1.82) is 0 Å². The number of hydrogen-bond acceptors (Lipinski definition) is 5. The maximum Gasteiger partial charge on any atom is 0.261 e. The van der Waals surface area contributed by atoms with Gasteiger partial charge in [0.1, 0.15) is 5.75 Å². The van der Waals surface area contributed by atoms with E-state index < -0.39 is 10.0 Å². The van der Waals surface area contributed by atoms with Crippen LogP contribution < -0.4 is 14.8 Å². The molecular weight excluding hydrogens is 402 g/mol. The molecule has 0 aliphatic carbocycles. The van der Waals surface area contributed by atoms with Crippen LogP contribution in [-0.2, 0) is 10.0 Å². The minimum absolute atomic E-state index is 0. The van der Waals surface area contributed by atoms with Gasteiger partial charge in [0.15, 0.2) is 0 Å². The Labute approximate surface area is 171 Å². The van der Waals surface area contributed by atoms with E-state index in [1.54, 1.807) is 41.3 Å². The molecule has 0 atom stereocenters. The predicted octanol–water partition coefficient (Wildman–Crippen LogP) is 2.35. The highest BCUT2D eigenvalue weighted by atomic mass is 35.5. The molecule has 9 heteroatoms. The molecule has 0 unspecified atom stereocenters. The van der Waals surface area contributed by atoms with Crippen LogP contribution in [0.25, 0.3) is 0 Å². The standard InChI is InChI=1S/C19H23N3O4S.ClH/c1-2-26-17-7-5-16(6-8-17)21-27(24,25)18-9-3-15(4-10-18)19(23)22-13-11-20-12-14-22;/h3-10,20-21H,2,11-14H2,1H3;1H. The molecule has 2 aromatic rings. The average Bonchev–Trinajstić information content (AvgIpc) is 2.70. The van der Waals surface area contributed by atoms with Crippen molar-refractivity contribution in [3.63, 3.8) is 0 Å². The summed E-state index contributed by atoms with van der Waals surface area (Å²) in [6.45, 7) is 5.27. The van der Waals surface area contributed by atoms with Crippen LogP contribution >= 0.6 is 12.4 Å². The molecule has 2 N–H and O–H groups in total. The molecular formula is C19H24ClN3O4S.